The average molecular weight is 283 g/mol. The monoisotopic (exact) mass is 282 g/mol. The van der Waals surface area contributed by atoms with Crippen LogP contribution >= 0.6 is 12.4 Å². The second-order valence-electron chi connectivity index (χ2n) is 5.35. The highest BCUT2D eigenvalue weighted by Crippen LogP contribution is 2.19. The third-order valence-corrected chi connectivity index (χ3v) is 3.82. The molecule has 0 unspecified atom stereocenters. The molecular formula is C15H23ClN2O. The largest absolute Gasteiger partial charge is 0.349 e. The minimum absolute atomic E-state index is 0. The number of nitrogens with two attached hydrogens (primary N) is 1. The zero-order valence-electron chi connectivity index (χ0n) is 11.6. The molecule has 0 spiro atoms. The summed E-state index contributed by atoms with van der Waals surface area (Å²) in [4.78, 5) is 12.3. The second kappa shape index (κ2) is 6.92. The van der Waals surface area contributed by atoms with Crippen molar-refractivity contribution in [3.05, 3.63) is 34.9 Å². The Hall–Kier alpha value is -1.06. The van der Waals surface area contributed by atoms with Gasteiger partial charge in [-0.2, -0.15) is 0 Å². The van der Waals surface area contributed by atoms with Crippen LogP contribution in [0.25, 0.3) is 0 Å². The first kappa shape index (κ1) is 16.0. The van der Waals surface area contributed by atoms with Crippen LogP contribution in [0.3, 0.4) is 0 Å². The summed E-state index contributed by atoms with van der Waals surface area (Å²) in [5, 5.41) is 3.14. The van der Waals surface area contributed by atoms with Gasteiger partial charge in [-0.05, 0) is 50.7 Å². The number of benzene rings is 1. The Morgan fingerprint density at radius 1 is 1.16 bits per heavy atom. The Morgan fingerprint density at radius 2 is 1.68 bits per heavy atom. The fourth-order valence-corrected chi connectivity index (χ4v) is 2.69. The lowest BCUT2D eigenvalue weighted by Crippen LogP contribution is -2.40. The topological polar surface area (TPSA) is 55.1 Å². The predicted molar refractivity (Wildman–Crippen MR) is 80.9 cm³/mol. The lowest BCUT2D eigenvalue weighted by Gasteiger charge is -2.27. The van der Waals surface area contributed by atoms with Crippen LogP contribution in [0.15, 0.2) is 18.2 Å². The van der Waals surface area contributed by atoms with Gasteiger partial charge in [0.05, 0.1) is 0 Å². The Morgan fingerprint density at radius 3 is 2.21 bits per heavy atom. The van der Waals surface area contributed by atoms with Crippen LogP contribution in [0.2, 0.25) is 0 Å². The van der Waals surface area contributed by atoms with Crippen molar-refractivity contribution in [2.45, 2.75) is 51.6 Å². The number of hydrogen-bond donors (Lipinski definition) is 2. The molecule has 0 atom stereocenters. The molecule has 1 saturated carbocycles. The van der Waals surface area contributed by atoms with Gasteiger partial charge in [0, 0.05) is 17.6 Å². The van der Waals surface area contributed by atoms with E-state index in [2.05, 4.69) is 5.32 Å². The van der Waals surface area contributed by atoms with Gasteiger partial charge in [-0.25, -0.2) is 0 Å². The number of halogens is 1. The van der Waals surface area contributed by atoms with Crippen LogP contribution in [-0.4, -0.2) is 18.0 Å². The van der Waals surface area contributed by atoms with E-state index in [9.17, 15) is 4.79 Å². The van der Waals surface area contributed by atoms with E-state index >= 15 is 0 Å². The van der Waals surface area contributed by atoms with Crippen molar-refractivity contribution in [3.63, 3.8) is 0 Å². The summed E-state index contributed by atoms with van der Waals surface area (Å²) in [6.07, 6.45) is 4.02. The van der Waals surface area contributed by atoms with Gasteiger partial charge in [-0.3, -0.25) is 4.79 Å². The minimum Gasteiger partial charge on any atom is -0.349 e. The first-order valence-electron chi connectivity index (χ1n) is 6.70. The first-order chi connectivity index (χ1) is 8.58. The van der Waals surface area contributed by atoms with Crippen molar-refractivity contribution in [3.8, 4) is 0 Å². The van der Waals surface area contributed by atoms with Gasteiger partial charge < -0.3 is 11.1 Å². The molecule has 106 valence electrons. The number of carbonyl (C=O) groups excluding carboxylic acids is 1. The van der Waals surface area contributed by atoms with Crippen LogP contribution < -0.4 is 11.1 Å². The maximum Gasteiger partial charge on any atom is 0.252 e. The number of nitrogens with one attached hydrogen (secondary N) is 1. The molecule has 4 heteroatoms. The standard InChI is InChI=1S/C15H22N2O.ClH/c1-10-4-3-5-11(2)14(10)15(18)17-13-8-6-12(16)7-9-13;/h3-5,12-13H,6-9,16H2,1-2H3,(H,17,18);1H. The molecule has 19 heavy (non-hydrogen) atoms. The highest BCUT2D eigenvalue weighted by atomic mass is 35.5. The van der Waals surface area contributed by atoms with E-state index in [1.54, 1.807) is 0 Å². The SMILES string of the molecule is Cc1cccc(C)c1C(=O)NC1CCC(N)CC1.Cl. The van der Waals surface area contributed by atoms with Crippen LogP contribution in [0.4, 0.5) is 0 Å². The van der Waals surface area contributed by atoms with E-state index in [0.717, 1.165) is 42.4 Å². The molecule has 0 saturated heterocycles. The van der Waals surface area contributed by atoms with Crippen molar-refractivity contribution >= 4 is 18.3 Å². The van der Waals surface area contributed by atoms with Crippen LogP contribution in [0.1, 0.15) is 47.2 Å². The van der Waals surface area contributed by atoms with Crippen molar-refractivity contribution in [2.75, 3.05) is 0 Å². The maximum atomic E-state index is 12.3. The smallest absolute Gasteiger partial charge is 0.252 e. The van der Waals surface area contributed by atoms with E-state index in [1.165, 1.54) is 0 Å². The predicted octanol–water partition coefficient (Wildman–Crippen LogP) is 2.72. The number of rotatable bonds is 2. The Balaban J connectivity index is 0.00000180. The Bertz CT molecular complexity index is 420. The van der Waals surface area contributed by atoms with E-state index in [-0.39, 0.29) is 24.4 Å². The first-order valence-corrected chi connectivity index (χ1v) is 6.70. The molecule has 1 aromatic carbocycles. The minimum atomic E-state index is 0. The summed E-state index contributed by atoms with van der Waals surface area (Å²) in [6.45, 7) is 3.97. The normalized spacial score (nSPS) is 22.5. The number of carbonyl (C=O) groups is 1. The van der Waals surface area contributed by atoms with Gasteiger partial charge in [0.1, 0.15) is 0 Å². The second-order valence-corrected chi connectivity index (χ2v) is 5.35. The highest BCUT2D eigenvalue weighted by molar-refractivity contribution is 5.97. The third-order valence-electron chi connectivity index (χ3n) is 3.82. The van der Waals surface area contributed by atoms with E-state index < -0.39 is 0 Å². The van der Waals surface area contributed by atoms with Crippen LogP contribution in [0, 0.1) is 13.8 Å². The average Bonchev–Trinajstić information content (AvgIpc) is 2.32. The fourth-order valence-electron chi connectivity index (χ4n) is 2.69. The van der Waals surface area contributed by atoms with Crippen molar-refractivity contribution in [2.24, 2.45) is 5.73 Å². The van der Waals surface area contributed by atoms with Gasteiger partial charge in [0.2, 0.25) is 0 Å². The summed E-state index contributed by atoms with van der Waals surface area (Å²) in [5.41, 5.74) is 8.78. The fraction of sp³-hybridized carbons (Fsp3) is 0.533. The summed E-state index contributed by atoms with van der Waals surface area (Å²) >= 11 is 0. The van der Waals surface area contributed by atoms with Crippen molar-refractivity contribution < 1.29 is 4.79 Å². The lowest BCUT2D eigenvalue weighted by molar-refractivity contribution is 0.0924. The summed E-state index contributed by atoms with van der Waals surface area (Å²) < 4.78 is 0. The Labute approximate surface area is 121 Å². The molecule has 0 bridgehead atoms. The zero-order valence-corrected chi connectivity index (χ0v) is 12.4. The summed E-state index contributed by atoms with van der Waals surface area (Å²) in [6, 6.07) is 6.56. The number of amides is 1. The van der Waals surface area contributed by atoms with E-state index in [1.807, 2.05) is 32.0 Å². The molecule has 0 radical (unpaired) electrons. The van der Waals surface area contributed by atoms with Gasteiger partial charge in [-0.15, -0.1) is 12.4 Å². The number of aryl methyl sites for hydroxylation is 2. The van der Waals surface area contributed by atoms with E-state index in [4.69, 9.17) is 5.73 Å². The Kier molecular flexibility index (Phi) is 5.83. The molecule has 1 aliphatic carbocycles. The molecular weight excluding hydrogens is 260 g/mol. The van der Waals surface area contributed by atoms with Crippen molar-refractivity contribution in [1.82, 2.24) is 5.32 Å². The summed E-state index contributed by atoms with van der Waals surface area (Å²) in [7, 11) is 0. The van der Waals surface area contributed by atoms with E-state index in [0.29, 0.717) is 6.04 Å². The lowest BCUT2D eigenvalue weighted by atomic mass is 9.91. The van der Waals surface area contributed by atoms with Gasteiger partial charge in [0.15, 0.2) is 0 Å². The molecule has 3 N–H and O–H groups in total. The summed E-state index contributed by atoms with van der Waals surface area (Å²) in [5.74, 6) is 0.0612. The van der Waals surface area contributed by atoms with Crippen LogP contribution in [-0.2, 0) is 0 Å². The van der Waals surface area contributed by atoms with Crippen molar-refractivity contribution in [1.29, 1.82) is 0 Å². The molecule has 1 aliphatic rings. The number of hydrogen-bond acceptors (Lipinski definition) is 2. The van der Waals surface area contributed by atoms with Crippen LogP contribution in [0.5, 0.6) is 0 Å². The molecule has 0 heterocycles. The maximum absolute atomic E-state index is 12.3. The molecule has 1 amide bonds. The van der Waals surface area contributed by atoms with Gasteiger partial charge in [0.25, 0.3) is 5.91 Å². The quantitative estimate of drug-likeness (QED) is 0.876. The van der Waals surface area contributed by atoms with Gasteiger partial charge >= 0.3 is 0 Å². The molecule has 1 fully saturated rings. The highest BCUT2D eigenvalue weighted by Gasteiger charge is 2.21. The third kappa shape index (κ3) is 3.95. The van der Waals surface area contributed by atoms with Gasteiger partial charge in [-0.1, -0.05) is 18.2 Å². The molecule has 3 nitrogen and oxygen atoms in total. The molecule has 0 aromatic heterocycles. The molecule has 1 aromatic rings. The molecule has 0 aliphatic heterocycles. The zero-order chi connectivity index (χ0) is 13.1. The molecule has 2 rings (SSSR count).